The van der Waals surface area contributed by atoms with E-state index < -0.39 is 0 Å². The molecule has 3 fully saturated rings. The van der Waals surface area contributed by atoms with Crippen molar-refractivity contribution in [2.45, 2.75) is 63.2 Å². The molecule has 2 unspecified atom stereocenters. The number of aryl methyl sites for hydroxylation is 1. The zero-order valence-corrected chi connectivity index (χ0v) is 19.5. The Kier molecular flexibility index (Phi) is 4.95. The Hall–Kier alpha value is -2.44. The molecule has 0 N–H and O–H groups in total. The number of imidazole rings is 1. The van der Waals surface area contributed by atoms with Gasteiger partial charge in [-0.2, -0.15) is 0 Å². The molecule has 3 aliphatic rings. The number of piperidine rings is 1. The van der Waals surface area contributed by atoms with Gasteiger partial charge in [0.1, 0.15) is 11.5 Å². The summed E-state index contributed by atoms with van der Waals surface area (Å²) in [6.45, 7) is 4.50. The quantitative estimate of drug-likeness (QED) is 0.622. The summed E-state index contributed by atoms with van der Waals surface area (Å²) < 4.78 is 2.36. The molecule has 0 radical (unpaired) electrons. The number of rotatable bonds is 3. The minimum absolute atomic E-state index is 0.326. The van der Waals surface area contributed by atoms with E-state index in [1.165, 1.54) is 42.0 Å². The molecule has 6 heteroatoms. The van der Waals surface area contributed by atoms with E-state index in [0.717, 1.165) is 31.6 Å². The number of hydrogen-bond donors (Lipinski definition) is 0. The van der Waals surface area contributed by atoms with Crippen LogP contribution in [0.4, 0.5) is 5.82 Å². The van der Waals surface area contributed by atoms with Gasteiger partial charge < -0.3 is 9.80 Å². The molecule has 3 saturated heterocycles. The van der Waals surface area contributed by atoms with Crippen molar-refractivity contribution in [2.24, 2.45) is 0 Å². The summed E-state index contributed by atoms with van der Waals surface area (Å²) >= 11 is 0. The lowest BCUT2D eigenvalue weighted by molar-refractivity contribution is 0.109. The summed E-state index contributed by atoms with van der Waals surface area (Å²) in [4.78, 5) is 17.6. The molecule has 0 spiro atoms. The SMILES string of the molecule is Cc1cccnc1[C@@H]1CCC[C@H](c2cn3c(N4C5CCC4CN(C)C5)cccc3n2)N1C. The first-order chi connectivity index (χ1) is 15.6. The summed E-state index contributed by atoms with van der Waals surface area (Å²) in [5.41, 5.74) is 4.77. The molecule has 0 amide bonds. The summed E-state index contributed by atoms with van der Waals surface area (Å²) in [6, 6.07) is 12.8. The Morgan fingerprint density at radius 2 is 1.69 bits per heavy atom. The van der Waals surface area contributed by atoms with Crippen LogP contribution in [0.15, 0.2) is 42.7 Å². The first kappa shape index (κ1) is 20.2. The van der Waals surface area contributed by atoms with Gasteiger partial charge in [0.25, 0.3) is 0 Å². The largest absolute Gasteiger partial charge is 0.349 e. The van der Waals surface area contributed by atoms with Crippen molar-refractivity contribution in [2.75, 3.05) is 32.1 Å². The molecule has 6 nitrogen and oxygen atoms in total. The summed E-state index contributed by atoms with van der Waals surface area (Å²) in [6.07, 6.45) is 10.4. The highest BCUT2D eigenvalue weighted by atomic mass is 15.4. The number of likely N-dealkylation sites (tertiary alicyclic amines) is 2. The molecule has 6 heterocycles. The second kappa shape index (κ2) is 7.85. The number of likely N-dealkylation sites (N-methyl/N-ethyl adjacent to an activating group) is 1. The molecule has 3 aliphatic heterocycles. The molecular weight excluding hydrogens is 396 g/mol. The fourth-order valence-electron chi connectivity index (χ4n) is 6.54. The lowest BCUT2D eigenvalue weighted by Crippen LogP contribution is -2.53. The first-order valence-electron chi connectivity index (χ1n) is 12.2. The number of pyridine rings is 2. The van der Waals surface area contributed by atoms with Crippen LogP contribution in [0.3, 0.4) is 0 Å². The maximum absolute atomic E-state index is 5.14. The average molecular weight is 431 g/mol. The number of anilines is 1. The fourth-order valence-corrected chi connectivity index (χ4v) is 6.54. The fraction of sp³-hybridized carbons (Fsp3) is 0.538. The molecule has 4 atom stereocenters. The number of nitrogens with zero attached hydrogens (tertiary/aromatic N) is 6. The Bertz CT molecular complexity index is 1110. The van der Waals surface area contributed by atoms with Crippen LogP contribution in [-0.2, 0) is 0 Å². The van der Waals surface area contributed by atoms with Gasteiger partial charge in [0.15, 0.2) is 0 Å². The second-order valence-electron chi connectivity index (χ2n) is 10.1. The molecule has 0 aliphatic carbocycles. The van der Waals surface area contributed by atoms with E-state index in [1.807, 2.05) is 12.3 Å². The molecule has 0 aromatic carbocycles. The third-order valence-electron chi connectivity index (χ3n) is 8.06. The summed E-state index contributed by atoms with van der Waals surface area (Å²) in [7, 11) is 4.52. The number of fused-ring (bicyclic) bond motifs is 3. The van der Waals surface area contributed by atoms with Crippen molar-refractivity contribution in [1.82, 2.24) is 24.2 Å². The highest BCUT2D eigenvalue weighted by Crippen LogP contribution is 2.41. The Balaban J connectivity index is 1.34. The van der Waals surface area contributed by atoms with Gasteiger partial charge in [-0.3, -0.25) is 14.3 Å². The van der Waals surface area contributed by atoms with Crippen molar-refractivity contribution in [3.05, 3.63) is 59.7 Å². The average Bonchev–Trinajstić information content (AvgIpc) is 3.33. The second-order valence-corrected chi connectivity index (χ2v) is 10.1. The van der Waals surface area contributed by atoms with Crippen LogP contribution in [0, 0.1) is 6.92 Å². The molecule has 6 rings (SSSR count). The standard InChI is InChI=1S/C26H34N6/c1-18-7-6-14-27-26(18)23-9-4-8-22(30(23)3)21-17-31-24(28-21)10-5-11-25(31)32-19-12-13-20(32)16-29(2)15-19/h5-7,10-11,14,17,19-20,22-23H,4,8-9,12-13,15-16H2,1-3H3/t19?,20?,22-,23+/m1/s1. The van der Waals surface area contributed by atoms with E-state index in [0.29, 0.717) is 24.2 Å². The van der Waals surface area contributed by atoms with Crippen molar-refractivity contribution in [1.29, 1.82) is 0 Å². The summed E-state index contributed by atoms with van der Waals surface area (Å²) in [5, 5.41) is 0. The van der Waals surface area contributed by atoms with E-state index in [9.17, 15) is 0 Å². The van der Waals surface area contributed by atoms with Crippen LogP contribution in [0.25, 0.3) is 5.65 Å². The maximum Gasteiger partial charge on any atom is 0.138 e. The molecule has 3 aromatic heterocycles. The first-order valence-corrected chi connectivity index (χ1v) is 12.2. The van der Waals surface area contributed by atoms with E-state index in [4.69, 9.17) is 9.97 Å². The summed E-state index contributed by atoms with van der Waals surface area (Å²) in [5.74, 6) is 1.32. The molecule has 168 valence electrons. The maximum atomic E-state index is 5.14. The zero-order chi connectivity index (χ0) is 21.8. The minimum Gasteiger partial charge on any atom is -0.349 e. The number of piperazine rings is 1. The van der Waals surface area contributed by atoms with E-state index in [1.54, 1.807) is 0 Å². The lowest BCUT2D eigenvalue weighted by atomic mass is 9.91. The van der Waals surface area contributed by atoms with Crippen LogP contribution >= 0.6 is 0 Å². The topological polar surface area (TPSA) is 39.9 Å². The van der Waals surface area contributed by atoms with Crippen LogP contribution in [0.5, 0.6) is 0 Å². The van der Waals surface area contributed by atoms with Gasteiger partial charge in [0, 0.05) is 37.6 Å². The predicted octanol–water partition coefficient (Wildman–Crippen LogP) is 4.22. The highest BCUT2D eigenvalue weighted by Gasteiger charge is 2.40. The third-order valence-corrected chi connectivity index (χ3v) is 8.06. The van der Waals surface area contributed by atoms with Gasteiger partial charge >= 0.3 is 0 Å². The molecule has 3 aromatic rings. The zero-order valence-electron chi connectivity index (χ0n) is 19.5. The molecule has 0 saturated carbocycles. The number of hydrogen-bond acceptors (Lipinski definition) is 5. The van der Waals surface area contributed by atoms with Gasteiger partial charge in [0.2, 0.25) is 0 Å². The molecule has 32 heavy (non-hydrogen) atoms. The van der Waals surface area contributed by atoms with Crippen molar-refractivity contribution >= 4 is 11.5 Å². The monoisotopic (exact) mass is 430 g/mol. The van der Waals surface area contributed by atoms with Crippen molar-refractivity contribution in [3.8, 4) is 0 Å². The van der Waals surface area contributed by atoms with E-state index in [2.05, 4.69) is 70.6 Å². The van der Waals surface area contributed by atoms with Crippen LogP contribution in [-0.4, -0.2) is 63.4 Å². The third kappa shape index (κ3) is 3.23. The van der Waals surface area contributed by atoms with Gasteiger partial charge in [-0.05, 0) is 76.9 Å². The predicted molar refractivity (Wildman–Crippen MR) is 128 cm³/mol. The van der Waals surface area contributed by atoms with E-state index >= 15 is 0 Å². The number of aromatic nitrogens is 3. The minimum atomic E-state index is 0.326. The Morgan fingerprint density at radius 1 is 0.906 bits per heavy atom. The van der Waals surface area contributed by atoms with E-state index in [-0.39, 0.29) is 0 Å². The normalized spacial score (nSPS) is 29.2. The molecular formula is C26H34N6. The van der Waals surface area contributed by atoms with Gasteiger partial charge in [-0.1, -0.05) is 12.1 Å². The van der Waals surface area contributed by atoms with Crippen LogP contribution in [0.2, 0.25) is 0 Å². The van der Waals surface area contributed by atoms with Crippen LogP contribution < -0.4 is 4.90 Å². The van der Waals surface area contributed by atoms with Crippen LogP contribution in [0.1, 0.15) is 61.1 Å². The van der Waals surface area contributed by atoms with Gasteiger partial charge in [-0.15, -0.1) is 0 Å². The van der Waals surface area contributed by atoms with Crippen molar-refractivity contribution in [3.63, 3.8) is 0 Å². The molecule has 2 bridgehead atoms. The van der Waals surface area contributed by atoms with Gasteiger partial charge in [-0.25, -0.2) is 4.98 Å². The highest BCUT2D eigenvalue weighted by molar-refractivity contribution is 5.55. The Morgan fingerprint density at radius 3 is 2.47 bits per heavy atom. The van der Waals surface area contributed by atoms with Crippen molar-refractivity contribution < 1.29 is 0 Å². The Labute approximate surface area is 190 Å². The van der Waals surface area contributed by atoms with Gasteiger partial charge in [0.05, 0.1) is 23.5 Å². The smallest absolute Gasteiger partial charge is 0.138 e. The lowest BCUT2D eigenvalue weighted by Gasteiger charge is -2.41.